The van der Waals surface area contributed by atoms with Gasteiger partial charge >= 0.3 is 0 Å². The van der Waals surface area contributed by atoms with Gasteiger partial charge in [0.15, 0.2) is 5.79 Å². The summed E-state index contributed by atoms with van der Waals surface area (Å²) >= 11 is 0. The van der Waals surface area contributed by atoms with Crippen molar-refractivity contribution in [3.8, 4) is 0 Å². The van der Waals surface area contributed by atoms with E-state index < -0.39 is 11.8 Å². The van der Waals surface area contributed by atoms with Crippen molar-refractivity contribution >= 4 is 5.97 Å². The Morgan fingerprint density at radius 3 is 2.53 bits per heavy atom. The lowest BCUT2D eigenvalue weighted by atomic mass is 10.0. The molecular formula is C11H20O6. The molecule has 0 bridgehead atoms. The van der Waals surface area contributed by atoms with E-state index in [1.54, 1.807) is 0 Å². The molecule has 0 aromatic heterocycles. The van der Waals surface area contributed by atoms with Crippen molar-refractivity contribution in [2.45, 2.75) is 51.3 Å². The molecule has 0 spiro atoms. The van der Waals surface area contributed by atoms with Gasteiger partial charge in [-0.1, -0.05) is 0 Å². The molecule has 2 aliphatic rings. The van der Waals surface area contributed by atoms with Crippen LogP contribution in [0.3, 0.4) is 0 Å². The Morgan fingerprint density at radius 2 is 2.00 bits per heavy atom. The fraction of sp³-hybridized carbons (Fsp3) is 0.909. The maximum absolute atomic E-state index is 9.05. The molecule has 0 aromatic carbocycles. The van der Waals surface area contributed by atoms with E-state index in [0.29, 0.717) is 6.61 Å². The molecule has 17 heavy (non-hydrogen) atoms. The van der Waals surface area contributed by atoms with E-state index in [-0.39, 0.29) is 24.9 Å². The number of aliphatic hydroxyl groups excluding tert-OH is 1. The fourth-order valence-corrected chi connectivity index (χ4v) is 1.99. The summed E-state index contributed by atoms with van der Waals surface area (Å²) < 4.78 is 16.7. The van der Waals surface area contributed by atoms with Crippen LogP contribution in [0.4, 0.5) is 0 Å². The number of carboxylic acids is 1. The first kappa shape index (κ1) is 14.4. The third-order valence-corrected chi connectivity index (χ3v) is 2.50. The molecular weight excluding hydrogens is 228 g/mol. The summed E-state index contributed by atoms with van der Waals surface area (Å²) in [5, 5.41) is 16.5. The fourth-order valence-electron chi connectivity index (χ4n) is 1.99. The summed E-state index contributed by atoms with van der Waals surface area (Å²) in [6, 6.07) is 0. The minimum Gasteiger partial charge on any atom is -0.481 e. The second-order valence-corrected chi connectivity index (χ2v) is 4.54. The highest BCUT2D eigenvalue weighted by Crippen LogP contribution is 2.34. The van der Waals surface area contributed by atoms with E-state index in [2.05, 4.69) is 0 Å². The Kier molecular flexibility index (Phi) is 4.88. The number of aliphatic hydroxyl groups is 1. The third kappa shape index (κ3) is 4.23. The Morgan fingerprint density at radius 1 is 1.41 bits per heavy atom. The van der Waals surface area contributed by atoms with Crippen molar-refractivity contribution in [3.05, 3.63) is 0 Å². The molecule has 2 N–H and O–H groups in total. The molecule has 0 aliphatic carbocycles. The molecule has 2 fully saturated rings. The number of ether oxygens (including phenoxy) is 3. The van der Waals surface area contributed by atoms with Crippen LogP contribution in [-0.2, 0) is 19.0 Å². The number of fused-ring (bicyclic) bond motifs is 1. The highest BCUT2D eigenvalue weighted by atomic mass is 16.8. The zero-order chi connectivity index (χ0) is 13.1. The molecule has 6 nitrogen and oxygen atoms in total. The number of carboxylic acid groups (broad SMARTS) is 1. The summed E-state index contributed by atoms with van der Waals surface area (Å²) in [7, 11) is 0. The van der Waals surface area contributed by atoms with Crippen molar-refractivity contribution in [1.82, 2.24) is 0 Å². The standard InChI is InChI=1S/C9H16O4.C2H4O2/c1-9(2)12-6-3-4-11-7(5-10)8(6)13-9;1-2(3)4/h6-8,10H,3-5H2,1-2H3;1H3,(H,3,4). The molecule has 100 valence electrons. The van der Waals surface area contributed by atoms with Crippen molar-refractivity contribution in [2.75, 3.05) is 13.2 Å². The van der Waals surface area contributed by atoms with Crippen LogP contribution in [0.15, 0.2) is 0 Å². The lowest BCUT2D eigenvalue weighted by molar-refractivity contribution is -0.157. The monoisotopic (exact) mass is 248 g/mol. The summed E-state index contributed by atoms with van der Waals surface area (Å²) in [4.78, 5) is 9.00. The van der Waals surface area contributed by atoms with Gasteiger partial charge in [0.1, 0.15) is 12.2 Å². The molecule has 0 amide bonds. The summed E-state index contributed by atoms with van der Waals surface area (Å²) in [5.41, 5.74) is 0. The molecule has 0 saturated carbocycles. The van der Waals surface area contributed by atoms with E-state index in [9.17, 15) is 0 Å². The van der Waals surface area contributed by atoms with E-state index in [1.165, 1.54) is 0 Å². The lowest BCUT2D eigenvalue weighted by Crippen LogP contribution is -2.44. The zero-order valence-electron chi connectivity index (χ0n) is 10.4. The van der Waals surface area contributed by atoms with Crippen molar-refractivity contribution in [1.29, 1.82) is 0 Å². The Balaban J connectivity index is 0.000000317. The Hall–Kier alpha value is -0.690. The molecule has 2 saturated heterocycles. The van der Waals surface area contributed by atoms with Gasteiger partial charge in [-0.05, 0) is 20.3 Å². The highest BCUT2D eigenvalue weighted by Gasteiger charge is 2.47. The van der Waals surface area contributed by atoms with Crippen LogP contribution in [0.25, 0.3) is 0 Å². The van der Waals surface area contributed by atoms with Crippen LogP contribution in [0.5, 0.6) is 0 Å². The van der Waals surface area contributed by atoms with Crippen LogP contribution in [0.1, 0.15) is 27.2 Å². The lowest BCUT2D eigenvalue weighted by Gasteiger charge is -2.29. The summed E-state index contributed by atoms with van der Waals surface area (Å²) in [6.45, 7) is 5.51. The number of carbonyl (C=O) groups is 1. The quantitative estimate of drug-likeness (QED) is 0.697. The predicted octanol–water partition coefficient (Wildman–Crippen LogP) is 0.379. The second-order valence-electron chi connectivity index (χ2n) is 4.54. The van der Waals surface area contributed by atoms with E-state index in [4.69, 9.17) is 29.2 Å². The third-order valence-electron chi connectivity index (χ3n) is 2.50. The van der Waals surface area contributed by atoms with Gasteiger partial charge in [0, 0.05) is 13.5 Å². The molecule has 0 aromatic rings. The molecule has 3 atom stereocenters. The van der Waals surface area contributed by atoms with Crippen molar-refractivity contribution in [2.24, 2.45) is 0 Å². The first-order valence-corrected chi connectivity index (χ1v) is 5.63. The maximum atomic E-state index is 9.05. The van der Waals surface area contributed by atoms with Crippen LogP contribution in [-0.4, -0.2) is 53.5 Å². The van der Waals surface area contributed by atoms with Gasteiger partial charge in [-0.15, -0.1) is 0 Å². The first-order chi connectivity index (χ1) is 7.85. The topological polar surface area (TPSA) is 85.2 Å². The number of hydrogen-bond donors (Lipinski definition) is 2. The SMILES string of the molecule is CC(=O)O.CC1(C)OC2CCOC(CO)C2O1. The maximum Gasteiger partial charge on any atom is 0.300 e. The number of aliphatic carboxylic acids is 1. The number of rotatable bonds is 1. The molecule has 2 rings (SSSR count). The van der Waals surface area contributed by atoms with E-state index >= 15 is 0 Å². The van der Waals surface area contributed by atoms with Crippen LogP contribution < -0.4 is 0 Å². The zero-order valence-corrected chi connectivity index (χ0v) is 10.4. The van der Waals surface area contributed by atoms with Gasteiger partial charge in [-0.25, -0.2) is 0 Å². The number of hydrogen-bond acceptors (Lipinski definition) is 5. The molecule has 3 unspecified atom stereocenters. The first-order valence-electron chi connectivity index (χ1n) is 5.63. The smallest absolute Gasteiger partial charge is 0.300 e. The highest BCUT2D eigenvalue weighted by molar-refractivity contribution is 5.62. The molecule has 2 heterocycles. The molecule has 6 heteroatoms. The average Bonchev–Trinajstić information content (AvgIpc) is 2.50. The minimum absolute atomic E-state index is 0.000602. The Bertz CT molecular complexity index is 261. The van der Waals surface area contributed by atoms with Crippen molar-refractivity contribution < 1.29 is 29.2 Å². The second kappa shape index (κ2) is 5.77. The molecule has 0 radical (unpaired) electrons. The normalized spacial score (nSPS) is 34.5. The van der Waals surface area contributed by atoms with E-state index in [1.807, 2.05) is 13.8 Å². The van der Waals surface area contributed by atoms with Crippen LogP contribution in [0, 0.1) is 0 Å². The molecule has 2 aliphatic heterocycles. The van der Waals surface area contributed by atoms with Gasteiger partial charge in [0.2, 0.25) is 0 Å². The average molecular weight is 248 g/mol. The van der Waals surface area contributed by atoms with Crippen molar-refractivity contribution in [3.63, 3.8) is 0 Å². The summed E-state index contributed by atoms with van der Waals surface area (Å²) in [5.74, 6) is -1.36. The van der Waals surface area contributed by atoms with Gasteiger partial charge in [-0.3, -0.25) is 4.79 Å². The van der Waals surface area contributed by atoms with E-state index in [0.717, 1.165) is 13.3 Å². The van der Waals surface area contributed by atoms with Gasteiger partial charge in [0.25, 0.3) is 5.97 Å². The Labute approximate surface area is 100 Å². The van der Waals surface area contributed by atoms with Crippen LogP contribution in [0.2, 0.25) is 0 Å². The van der Waals surface area contributed by atoms with Gasteiger partial charge < -0.3 is 24.4 Å². The summed E-state index contributed by atoms with van der Waals surface area (Å²) in [6.07, 6.45) is 0.611. The predicted molar refractivity (Wildman–Crippen MR) is 58.6 cm³/mol. The van der Waals surface area contributed by atoms with Gasteiger partial charge in [0.05, 0.1) is 12.7 Å². The van der Waals surface area contributed by atoms with Crippen LogP contribution >= 0.6 is 0 Å². The largest absolute Gasteiger partial charge is 0.481 e. The minimum atomic E-state index is -0.833. The van der Waals surface area contributed by atoms with Gasteiger partial charge in [-0.2, -0.15) is 0 Å².